The number of hydrogen-bond donors (Lipinski definition) is 1. The maximum Gasteiger partial charge on any atom is 0.243 e. The Morgan fingerprint density at radius 3 is 2.17 bits per heavy atom. The monoisotopic (exact) mass is 506 g/mol. The van der Waals surface area contributed by atoms with Crippen molar-refractivity contribution in [3.8, 4) is 0 Å². The molecule has 190 valence electrons. The van der Waals surface area contributed by atoms with Gasteiger partial charge in [-0.2, -0.15) is 0 Å². The Hall–Kier alpha value is -3.15. The lowest BCUT2D eigenvalue weighted by Crippen LogP contribution is -2.50. The minimum absolute atomic E-state index is 0.0563. The number of hydrogen-bond acceptors (Lipinski definition) is 3. The number of amides is 2. The van der Waals surface area contributed by atoms with E-state index in [2.05, 4.69) is 5.32 Å². The van der Waals surface area contributed by atoms with E-state index in [1.54, 1.807) is 4.90 Å². The second-order valence-corrected chi connectivity index (χ2v) is 9.12. The molecule has 1 N–H and O–H groups in total. The second-order valence-electron chi connectivity index (χ2n) is 8.68. The maximum absolute atomic E-state index is 13.6. The minimum Gasteiger partial charge on any atom is -0.382 e. The SMILES string of the molecule is CCOCCCNC(=O)[C@@H](Cc1ccccc1)N(Cc1ccc(Cl)cc1)C(=O)CCc1ccccc1. The molecular weight excluding hydrogens is 472 g/mol. The van der Waals surface area contributed by atoms with Crippen molar-refractivity contribution in [3.05, 3.63) is 107 Å². The van der Waals surface area contributed by atoms with Crippen molar-refractivity contribution in [2.24, 2.45) is 0 Å². The minimum atomic E-state index is -0.640. The summed E-state index contributed by atoms with van der Waals surface area (Å²) in [5.41, 5.74) is 3.02. The van der Waals surface area contributed by atoms with Gasteiger partial charge in [-0.3, -0.25) is 9.59 Å². The first-order valence-electron chi connectivity index (χ1n) is 12.5. The molecule has 0 saturated heterocycles. The number of benzene rings is 3. The predicted octanol–water partition coefficient (Wildman–Crippen LogP) is 5.46. The van der Waals surface area contributed by atoms with Gasteiger partial charge in [0.2, 0.25) is 11.8 Å². The Labute approximate surface area is 219 Å². The van der Waals surface area contributed by atoms with E-state index in [1.807, 2.05) is 91.9 Å². The Morgan fingerprint density at radius 2 is 1.53 bits per heavy atom. The van der Waals surface area contributed by atoms with E-state index in [0.29, 0.717) is 50.6 Å². The summed E-state index contributed by atoms with van der Waals surface area (Å²) in [6.07, 6.45) is 2.09. The summed E-state index contributed by atoms with van der Waals surface area (Å²) in [5.74, 6) is -0.212. The summed E-state index contributed by atoms with van der Waals surface area (Å²) in [7, 11) is 0. The van der Waals surface area contributed by atoms with Crippen LogP contribution in [0.3, 0.4) is 0 Å². The molecule has 1 atom stereocenters. The lowest BCUT2D eigenvalue weighted by atomic mass is 10.0. The molecule has 3 rings (SSSR count). The molecule has 0 aliphatic heterocycles. The number of rotatable bonds is 14. The van der Waals surface area contributed by atoms with Crippen LogP contribution < -0.4 is 5.32 Å². The fraction of sp³-hybridized carbons (Fsp3) is 0.333. The van der Waals surface area contributed by atoms with Gasteiger partial charge in [-0.25, -0.2) is 0 Å². The molecule has 3 aromatic rings. The van der Waals surface area contributed by atoms with Crippen molar-refractivity contribution in [2.75, 3.05) is 19.8 Å². The van der Waals surface area contributed by atoms with E-state index >= 15 is 0 Å². The summed E-state index contributed by atoms with van der Waals surface area (Å²) in [4.78, 5) is 28.8. The van der Waals surface area contributed by atoms with Crippen LogP contribution >= 0.6 is 11.6 Å². The maximum atomic E-state index is 13.6. The fourth-order valence-corrected chi connectivity index (χ4v) is 4.15. The first kappa shape index (κ1) is 27.4. The standard InChI is InChI=1S/C30H35ClN2O3/c1-2-36-21-9-20-32-30(35)28(22-25-12-7-4-8-13-25)33(23-26-14-17-27(31)18-15-26)29(34)19-16-24-10-5-3-6-11-24/h3-8,10-15,17-18,28H,2,9,16,19-23H2,1H3,(H,32,35)/t28-/m1/s1. The van der Waals surface area contributed by atoms with Gasteiger partial charge in [-0.15, -0.1) is 0 Å². The highest BCUT2D eigenvalue weighted by atomic mass is 35.5. The topological polar surface area (TPSA) is 58.6 Å². The van der Waals surface area contributed by atoms with E-state index < -0.39 is 6.04 Å². The highest BCUT2D eigenvalue weighted by Gasteiger charge is 2.30. The largest absolute Gasteiger partial charge is 0.382 e. The van der Waals surface area contributed by atoms with E-state index in [1.165, 1.54) is 0 Å². The van der Waals surface area contributed by atoms with Crippen molar-refractivity contribution in [3.63, 3.8) is 0 Å². The first-order chi connectivity index (χ1) is 17.6. The van der Waals surface area contributed by atoms with Crippen LogP contribution in [0.1, 0.15) is 36.5 Å². The summed E-state index contributed by atoms with van der Waals surface area (Å²) in [5, 5.41) is 3.66. The summed E-state index contributed by atoms with van der Waals surface area (Å²) >= 11 is 6.09. The summed E-state index contributed by atoms with van der Waals surface area (Å²) < 4.78 is 5.39. The Balaban J connectivity index is 1.83. The third-order valence-electron chi connectivity index (χ3n) is 5.98. The van der Waals surface area contributed by atoms with Crippen molar-refractivity contribution in [2.45, 2.75) is 45.2 Å². The van der Waals surface area contributed by atoms with Gasteiger partial charge in [0.05, 0.1) is 0 Å². The molecule has 2 amide bonds. The number of aryl methyl sites for hydroxylation is 1. The van der Waals surface area contributed by atoms with E-state index in [9.17, 15) is 9.59 Å². The van der Waals surface area contributed by atoms with Gasteiger partial charge < -0.3 is 15.0 Å². The van der Waals surface area contributed by atoms with Crippen molar-refractivity contribution < 1.29 is 14.3 Å². The zero-order valence-electron chi connectivity index (χ0n) is 20.9. The molecule has 0 saturated carbocycles. The number of carbonyl (C=O) groups excluding carboxylic acids is 2. The molecule has 0 radical (unpaired) electrons. The molecule has 0 aliphatic rings. The molecule has 5 nitrogen and oxygen atoms in total. The molecule has 0 unspecified atom stereocenters. The van der Waals surface area contributed by atoms with Gasteiger partial charge in [0.25, 0.3) is 0 Å². The molecule has 0 aromatic heterocycles. The van der Waals surface area contributed by atoms with Gasteiger partial charge >= 0.3 is 0 Å². The van der Waals surface area contributed by atoms with E-state index in [4.69, 9.17) is 16.3 Å². The van der Waals surface area contributed by atoms with Crippen LogP contribution in [0.2, 0.25) is 5.02 Å². The molecule has 6 heteroatoms. The molecule has 0 aliphatic carbocycles. The van der Waals surface area contributed by atoms with Crippen LogP contribution in [0, 0.1) is 0 Å². The highest BCUT2D eigenvalue weighted by molar-refractivity contribution is 6.30. The zero-order valence-corrected chi connectivity index (χ0v) is 21.6. The quantitative estimate of drug-likeness (QED) is 0.295. The van der Waals surface area contributed by atoms with Gasteiger partial charge in [0.1, 0.15) is 6.04 Å². The molecule has 3 aromatic carbocycles. The first-order valence-corrected chi connectivity index (χ1v) is 12.9. The third-order valence-corrected chi connectivity index (χ3v) is 6.23. The predicted molar refractivity (Wildman–Crippen MR) is 145 cm³/mol. The Kier molecular flexibility index (Phi) is 11.5. The molecule has 0 heterocycles. The van der Waals surface area contributed by atoms with Crippen LogP contribution in [0.5, 0.6) is 0 Å². The number of ether oxygens (including phenoxy) is 1. The Bertz CT molecular complexity index is 1060. The molecule has 0 bridgehead atoms. The molecular formula is C30H35ClN2O3. The second kappa shape index (κ2) is 15.1. The number of carbonyl (C=O) groups is 2. The van der Waals surface area contributed by atoms with Gasteiger partial charge in [-0.1, -0.05) is 84.4 Å². The third kappa shape index (κ3) is 9.14. The normalized spacial score (nSPS) is 11.6. The van der Waals surface area contributed by atoms with Gasteiger partial charge in [0.15, 0.2) is 0 Å². The fourth-order valence-electron chi connectivity index (χ4n) is 4.03. The van der Waals surface area contributed by atoms with E-state index in [-0.39, 0.29) is 11.8 Å². The van der Waals surface area contributed by atoms with Crippen LogP contribution in [0.15, 0.2) is 84.9 Å². The summed E-state index contributed by atoms with van der Waals surface area (Å²) in [6, 6.07) is 26.6. The lowest BCUT2D eigenvalue weighted by Gasteiger charge is -2.31. The molecule has 0 fully saturated rings. The molecule has 36 heavy (non-hydrogen) atoms. The average molecular weight is 507 g/mol. The van der Waals surface area contributed by atoms with Crippen LogP contribution in [0.25, 0.3) is 0 Å². The zero-order chi connectivity index (χ0) is 25.6. The van der Waals surface area contributed by atoms with Crippen molar-refractivity contribution >= 4 is 23.4 Å². The smallest absolute Gasteiger partial charge is 0.243 e. The van der Waals surface area contributed by atoms with Crippen LogP contribution in [0.4, 0.5) is 0 Å². The highest BCUT2D eigenvalue weighted by Crippen LogP contribution is 2.18. The van der Waals surface area contributed by atoms with Gasteiger partial charge in [0, 0.05) is 44.2 Å². The van der Waals surface area contributed by atoms with Crippen molar-refractivity contribution in [1.82, 2.24) is 10.2 Å². The number of halogens is 1. The summed E-state index contributed by atoms with van der Waals surface area (Å²) in [6.45, 7) is 4.01. The molecule has 0 spiro atoms. The lowest BCUT2D eigenvalue weighted by molar-refractivity contribution is -0.141. The van der Waals surface area contributed by atoms with Crippen molar-refractivity contribution in [1.29, 1.82) is 0 Å². The van der Waals surface area contributed by atoms with Gasteiger partial charge in [-0.05, 0) is 48.6 Å². The number of nitrogens with one attached hydrogen (secondary N) is 1. The van der Waals surface area contributed by atoms with Crippen LogP contribution in [-0.2, 0) is 33.7 Å². The van der Waals surface area contributed by atoms with E-state index in [0.717, 1.165) is 23.1 Å². The Morgan fingerprint density at radius 1 is 0.889 bits per heavy atom. The van der Waals surface area contributed by atoms with Crippen LogP contribution in [-0.4, -0.2) is 42.5 Å². The number of nitrogens with zero attached hydrogens (tertiary/aromatic N) is 1. The average Bonchev–Trinajstić information content (AvgIpc) is 2.91.